The topological polar surface area (TPSA) is 104 Å². The van der Waals surface area contributed by atoms with Gasteiger partial charge in [0.25, 0.3) is 11.8 Å². The zero-order chi connectivity index (χ0) is 19.9. The first-order valence-corrected chi connectivity index (χ1v) is 8.52. The van der Waals surface area contributed by atoms with Gasteiger partial charge in [0.15, 0.2) is 6.61 Å². The third-order valence-electron chi connectivity index (χ3n) is 3.87. The normalized spacial score (nSPS) is 10.4. The molecule has 0 fully saturated rings. The van der Waals surface area contributed by atoms with E-state index in [2.05, 4.69) is 15.5 Å². The number of methoxy groups -OCH3 is 1. The molecule has 8 heteroatoms. The molecule has 8 nitrogen and oxygen atoms in total. The number of carbonyl (C=O) groups excluding carboxylic acids is 2. The van der Waals surface area contributed by atoms with E-state index in [1.165, 1.54) is 0 Å². The number of hydrogen-bond acceptors (Lipinski definition) is 7. The Hall–Kier alpha value is -3.68. The van der Waals surface area contributed by atoms with E-state index in [1.807, 2.05) is 31.2 Å². The molecular formula is C20H19N3O5. The largest absolute Gasteiger partial charge is 0.497 e. The average molecular weight is 381 g/mol. The van der Waals surface area contributed by atoms with Crippen molar-refractivity contribution in [3.05, 3.63) is 65.5 Å². The number of ether oxygens (including phenoxy) is 2. The van der Waals surface area contributed by atoms with Crippen molar-refractivity contribution < 1.29 is 23.6 Å². The molecule has 0 bridgehead atoms. The molecule has 0 atom stereocenters. The molecule has 3 aromatic rings. The molecule has 1 amide bonds. The van der Waals surface area contributed by atoms with Crippen LogP contribution in [0.15, 0.2) is 53.1 Å². The molecule has 1 heterocycles. The van der Waals surface area contributed by atoms with Crippen LogP contribution in [0.4, 0.5) is 0 Å². The Labute approximate surface area is 161 Å². The summed E-state index contributed by atoms with van der Waals surface area (Å²) >= 11 is 0. The van der Waals surface area contributed by atoms with Crippen LogP contribution in [-0.2, 0) is 16.1 Å². The Kier molecular flexibility index (Phi) is 6.01. The van der Waals surface area contributed by atoms with Crippen LogP contribution in [0.2, 0.25) is 0 Å². The minimum atomic E-state index is -0.608. The first-order chi connectivity index (χ1) is 13.5. The summed E-state index contributed by atoms with van der Waals surface area (Å²) in [4.78, 5) is 28.0. The van der Waals surface area contributed by atoms with E-state index < -0.39 is 5.97 Å². The van der Waals surface area contributed by atoms with E-state index in [4.69, 9.17) is 14.0 Å². The summed E-state index contributed by atoms with van der Waals surface area (Å²) in [6, 6.07) is 14.1. The van der Waals surface area contributed by atoms with Gasteiger partial charge in [-0.1, -0.05) is 22.9 Å². The van der Waals surface area contributed by atoms with Crippen molar-refractivity contribution in [2.75, 3.05) is 13.7 Å². The zero-order valence-electron chi connectivity index (χ0n) is 15.5. The molecule has 2 aromatic carbocycles. The number of aryl methyl sites for hydroxylation is 1. The summed E-state index contributed by atoms with van der Waals surface area (Å²) in [5.41, 5.74) is 2.31. The summed E-state index contributed by atoms with van der Waals surface area (Å²) in [5.74, 6) is 0.231. The molecule has 0 aliphatic carbocycles. The molecule has 1 aromatic heterocycles. The van der Waals surface area contributed by atoms with Crippen molar-refractivity contribution in [3.63, 3.8) is 0 Å². The maximum absolute atomic E-state index is 12.0. The Morgan fingerprint density at radius 1 is 1.07 bits per heavy atom. The summed E-state index contributed by atoms with van der Waals surface area (Å²) < 4.78 is 15.3. The second kappa shape index (κ2) is 8.81. The summed E-state index contributed by atoms with van der Waals surface area (Å²) in [5, 5.41) is 6.27. The van der Waals surface area contributed by atoms with Crippen molar-refractivity contribution in [2.45, 2.75) is 13.5 Å². The number of aromatic nitrogens is 2. The molecule has 28 heavy (non-hydrogen) atoms. The van der Waals surface area contributed by atoms with Gasteiger partial charge in [-0.3, -0.25) is 9.59 Å². The SMILES string of the molecule is COc1ccc(C(=O)NCC(=O)OCc2noc(-c3ccc(C)cc3)n2)cc1. The highest BCUT2D eigenvalue weighted by atomic mass is 16.5. The highest BCUT2D eigenvalue weighted by molar-refractivity contribution is 5.96. The molecule has 0 saturated carbocycles. The van der Waals surface area contributed by atoms with Gasteiger partial charge in [0, 0.05) is 11.1 Å². The van der Waals surface area contributed by atoms with Gasteiger partial charge in [-0.25, -0.2) is 0 Å². The standard InChI is InChI=1S/C20H19N3O5/c1-13-3-5-15(6-4-13)20-22-17(23-28-20)12-27-18(24)11-21-19(25)14-7-9-16(26-2)10-8-14/h3-10H,11-12H2,1-2H3,(H,21,25). The van der Waals surface area contributed by atoms with Crippen molar-refractivity contribution in [1.29, 1.82) is 0 Å². The number of nitrogens with one attached hydrogen (secondary N) is 1. The predicted octanol–water partition coefficient (Wildman–Crippen LogP) is 2.53. The van der Waals surface area contributed by atoms with Crippen LogP contribution >= 0.6 is 0 Å². The number of carbonyl (C=O) groups is 2. The van der Waals surface area contributed by atoms with Gasteiger partial charge in [0.05, 0.1) is 7.11 Å². The van der Waals surface area contributed by atoms with Crippen LogP contribution in [0.25, 0.3) is 11.5 Å². The van der Waals surface area contributed by atoms with Crippen LogP contribution < -0.4 is 10.1 Å². The lowest BCUT2D eigenvalue weighted by molar-refractivity contribution is -0.143. The lowest BCUT2D eigenvalue weighted by atomic mass is 10.1. The van der Waals surface area contributed by atoms with Crippen LogP contribution in [0.5, 0.6) is 5.75 Å². The third kappa shape index (κ3) is 4.94. The Bertz CT molecular complexity index is 949. The Balaban J connectivity index is 1.46. The first-order valence-electron chi connectivity index (χ1n) is 8.52. The van der Waals surface area contributed by atoms with E-state index in [-0.39, 0.29) is 24.9 Å². The Morgan fingerprint density at radius 3 is 2.46 bits per heavy atom. The molecular weight excluding hydrogens is 362 g/mol. The molecule has 3 rings (SSSR count). The molecule has 0 saturated heterocycles. The second-order valence-corrected chi connectivity index (χ2v) is 5.95. The minimum Gasteiger partial charge on any atom is -0.497 e. The number of rotatable bonds is 7. The number of benzene rings is 2. The van der Waals surface area contributed by atoms with E-state index in [0.29, 0.717) is 17.2 Å². The predicted molar refractivity (Wildman–Crippen MR) is 99.6 cm³/mol. The van der Waals surface area contributed by atoms with E-state index in [1.54, 1.807) is 31.4 Å². The highest BCUT2D eigenvalue weighted by Gasteiger charge is 2.12. The number of amides is 1. The molecule has 0 unspecified atom stereocenters. The van der Waals surface area contributed by atoms with Crippen LogP contribution in [0.1, 0.15) is 21.7 Å². The minimum absolute atomic E-state index is 0.146. The van der Waals surface area contributed by atoms with Gasteiger partial charge in [-0.2, -0.15) is 4.98 Å². The monoisotopic (exact) mass is 381 g/mol. The van der Waals surface area contributed by atoms with Gasteiger partial charge in [0.2, 0.25) is 5.82 Å². The molecule has 0 radical (unpaired) electrons. The van der Waals surface area contributed by atoms with Gasteiger partial charge < -0.3 is 19.3 Å². The summed E-state index contributed by atoms with van der Waals surface area (Å²) in [6.07, 6.45) is 0. The average Bonchev–Trinajstić information content (AvgIpc) is 3.20. The van der Waals surface area contributed by atoms with Gasteiger partial charge in [-0.15, -0.1) is 0 Å². The van der Waals surface area contributed by atoms with Crippen LogP contribution in [-0.4, -0.2) is 35.7 Å². The molecule has 0 spiro atoms. The third-order valence-corrected chi connectivity index (χ3v) is 3.87. The fraction of sp³-hybridized carbons (Fsp3) is 0.200. The smallest absolute Gasteiger partial charge is 0.325 e. The lowest BCUT2D eigenvalue weighted by Gasteiger charge is -2.06. The van der Waals surface area contributed by atoms with E-state index in [9.17, 15) is 9.59 Å². The van der Waals surface area contributed by atoms with Gasteiger partial charge in [-0.05, 0) is 43.3 Å². The number of hydrogen-bond donors (Lipinski definition) is 1. The fourth-order valence-corrected chi connectivity index (χ4v) is 2.32. The second-order valence-electron chi connectivity index (χ2n) is 5.95. The molecule has 1 N–H and O–H groups in total. The quantitative estimate of drug-likeness (QED) is 0.627. The van der Waals surface area contributed by atoms with Crippen molar-refractivity contribution in [1.82, 2.24) is 15.5 Å². The maximum atomic E-state index is 12.0. The maximum Gasteiger partial charge on any atom is 0.325 e. The van der Waals surface area contributed by atoms with E-state index >= 15 is 0 Å². The number of nitrogens with zero attached hydrogens (tertiary/aromatic N) is 2. The zero-order valence-corrected chi connectivity index (χ0v) is 15.5. The fourth-order valence-electron chi connectivity index (χ4n) is 2.32. The van der Waals surface area contributed by atoms with Gasteiger partial charge >= 0.3 is 5.97 Å². The van der Waals surface area contributed by atoms with Crippen molar-refractivity contribution in [3.8, 4) is 17.2 Å². The molecule has 144 valence electrons. The number of esters is 1. The summed E-state index contributed by atoms with van der Waals surface area (Å²) in [7, 11) is 1.54. The van der Waals surface area contributed by atoms with E-state index in [0.717, 1.165) is 11.1 Å². The highest BCUT2D eigenvalue weighted by Crippen LogP contribution is 2.17. The lowest BCUT2D eigenvalue weighted by Crippen LogP contribution is -2.30. The molecule has 0 aliphatic heterocycles. The molecule has 0 aliphatic rings. The van der Waals surface area contributed by atoms with Gasteiger partial charge in [0.1, 0.15) is 12.3 Å². The summed E-state index contributed by atoms with van der Waals surface area (Å²) in [6.45, 7) is 1.57. The first kappa shape index (κ1) is 19.1. The van der Waals surface area contributed by atoms with Crippen molar-refractivity contribution >= 4 is 11.9 Å². The van der Waals surface area contributed by atoms with Crippen LogP contribution in [0.3, 0.4) is 0 Å². The Morgan fingerprint density at radius 2 is 1.79 bits per heavy atom. The van der Waals surface area contributed by atoms with Crippen molar-refractivity contribution in [2.24, 2.45) is 0 Å². The van der Waals surface area contributed by atoms with Crippen LogP contribution in [0, 0.1) is 6.92 Å².